The fourth-order valence-electron chi connectivity index (χ4n) is 2.80. The Labute approximate surface area is 117 Å². The van der Waals surface area contributed by atoms with E-state index in [0.29, 0.717) is 12.1 Å². The molecule has 0 aromatic heterocycles. The number of ether oxygens (including phenoxy) is 1. The molecule has 1 saturated heterocycles. The van der Waals surface area contributed by atoms with Crippen LogP contribution >= 0.6 is 0 Å². The van der Waals surface area contributed by atoms with Crippen LogP contribution in [0.1, 0.15) is 18.5 Å². The standard InChI is InChI=1S/C15H16N2O3/c1-10-8-16-13(11-6-4-3-5-7-11)12(15(19)20-2)9-17(16)14(10)18/h3-7,9-10,13H,8H2,1-2H3/t10?,13-/m1/s1. The van der Waals surface area contributed by atoms with Crippen LogP contribution < -0.4 is 0 Å². The predicted octanol–water partition coefficient (Wildman–Crippen LogP) is 1.49. The van der Waals surface area contributed by atoms with Gasteiger partial charge in [-0.15, -0.1) is 0 Å². The molecule has 5 heteroatoms. The van der Waals surface area contributed by atoms with Crippen LogP contribution in [0.3, 0.4) is 0 Å². The summed E-state index contributed by atoms with van der Waals surface area (Å²) in [6, 6.07) is 9.44. The first kappa shape index (κ1) is 12.9. The highest BCUT2D eigenvalue weighted by Crippen LogP contribution is 2.40. The lowest BCUT2D eigenvalue weighted by Crippen LogP contribution is -2.33. The third kappa shape index (κ3) is 1.82. The summed E-state index contributed by atoms with van der Waals surface area (Å²) in [6.45, 7) is 2.50. The highest BCUT2D eigenvalue weighted by Gasteiger charge is 2.46. The van der Waals surface area contributed by atoms with Crippen LogP contribution in [-0.4, -0.2) is 35.5 Å². The van der Waals surface area contributed by atoms with E-state index >= 15 is 0 Å². The normalized spacial score (nSPS) is 25.6. The van der Waals surface area contributed by atoms with Gasteiger partial charge in [-0.05, 0) is 5.56 Å². The molecule has 5 nitrogen and oxygen atoms in total. The molecular weight excluding hydrogens is 256 g/mol. The van der Waals surface area contributed by atoms with E-state index in [1.54, 1.807) is 11.2 Å². The van der Waals surface area contributed by atoms with Gasteiger partial charge in [-0.2, -0.15) is 0 Å². The van der Waals surface area contributed by atoms with E-state index in [4.69, 9.17) is 4.74 Å². The predicted molar refractivity (Wildman–Crippen MR) is 72.0 cm³/mol. The van der Waals surface area contributed by atoms with Crippen LogP contribution in [0.25, 0.3) is 0 Å². The molecule has 2 heterocycles. The molecule has 104 valence electrons. The highest BCUT2D eigenvalue weighted by atomic mass is 16.5. The first-order chi connectivity index (χ1) is 9.63. The van der Waals surface area contributed by atoms with Crippen LogP contribution in [0.15, 0.2) is 42.1 Å². The summed E-state index contributed by atoms with van der Waals surface area (Å²) in [5.41, 5.74) is 1.48. The number of carbonyl (C=O) groups excluding carboxylic acids is 2. The Morgan fingerprint density at radius 3 is 2.65 bits per heavy atom. The van der Waals surface area contributed by atoms with Crippen molar-refractivity contribution in [2.45, 2.75) is 13.0 Å². The summed E-state index contributed by atoms with van der Waals surface area (Å²) < 4.78 is 4.84. The van der Waals surface area contributed by atoms with Gasteiger partial charge in [0.1, 0.15) is 0 Å². The van der Waals surface area contributed by atoms with Crippen molar-refractivity contribution in [2.24, 2.45) is 5.92 Å². The second kappa shape index (κ2) is 4.76. The van der Waals surface area contributed by atoms with Crippen LogP contribution in [0, 0.1) is 5.92 Å². The van der Waals surface area contributed by atoms with Crippen LogP contribution in [0.2, 0.25) is 0 Å². The lowest BCUT2D eigenvalue weighted by Gasteiger charge is -2.26. The number of amides is 1. The lowest BCUT2D eigenvalue weighted by molar-refractivity contribution is -0.137. The SMILES string of the molecule is COC(=O)C1=CN2C(=O)C(C)CN2[C@@H]1c1ccccc1. The summed E-state index contributed by atoms with van der Waals surface area (Å²) in [6.07, 6.45) is 1.61. The third-order valence-corrected chi connectivity index (χ3v) is 3.78. The Bertz CT molecular complexity index is 582. The number of hydrazine groups is 1. The van der Waals surface area contributed by atoms with E-state index in [2.05, 4.69) is 0 Å². The minimum Gasteiger partial charge on any atom is -0.466 e. The number of benzene rings is 1. The van der Waals surface area contributed by atoms with Gasteiger partial charge in [0.05, 0.1) is 24.6 Å². The second-order valence-corrected chi connectivity index (χ2v) is 5.10. The third-order valence-electron chi connectivity index (χ3n) is 3.78. The summed E-state index contributed by atoms with van der Waals surface area (Å²) >= 11 is 0. The maximum atomic E-state index is 12.1. The number of fused-ring (bicyclic) bond motifs is 1. The van der Waals surface area contributed by atoms with Crippen molar-refractivity contribution in [3.63, 3.8) is 0 Å². The molecule has 1 aromatic carbocycles. The van der Waals surface area contributed by atoms with E-state index in [1.807, 2.05) is 42.3 Å². The smallest absolute Gasteiger partial charge is 0.337 e. The van der Waals surface area contributed by atoms with Crippen molar-refractivity contribution in [3.05, 3.63) is 47.7 Å². The molecule has 1 fully saturated rings. The number of carbonyl (C=O) groups is 2. The molecule has 2 aliphatic heterocycles. The zero-order valence-corrected chi connectivity index (χ0v) is 11.4. The molecule has 20 heavy (non-hydrogen) atoms. The minimum atomic E-state index is -0.395. The van der Waals surface area contributed by atoms with Crippen LogP contribution in [-0.2, 0) is 14.3 Å². The molecule has 0 N–H and O–H groups in total. The molecule has 0 aliphatic carbocycles. The fourth-order valence-corrected chi connectivity index (χ4v) is 2.80. The summed E-state index contributed by atoms with van der Waals surface area (Å²) in [4.78, 5) is 24.1. The van der Waals surface area contributed by atoms with Gasteiger partial charge in [-0.25, -0.2) is 14.8 Å². The first-order valence-corrected chi connectivity index (χ1v) is 6.58. The summed E-state index contributed by atoms with van der Waals surface area (Å²) in [7, 11) is 1.36. The number of hydrogen-bond acceptors (Lipinski definition) is 4. The van der Waals surface area contributed by atoms with Gasteiger partial charge in [0.2, 0.25) is 5.91 Å². The van der Waals surface area contributed by atoms with Gasteiger partial charge in [0.15, 0.2) is 0 Å². The number of methoxy groups -OCH3 is 1. The van der Waals surface area contributed by atoms with E-state index < -0.39 is 5.97 Å². The molecule has 0 radical (unpaired) electrons. The van der Waals surface area contributed by atoms with Crippen molar-refractivity contribution >= 4 is 11.9 Å². The summed E-state index contributed by atoms with van der Waals surface area (Å²) in [5, 5.41) is 3.48. The number of hydrogen-bond donors (Lipinski definition) is 0. The van der Waals surface area contributed by atoms with Gasteiger partial charge in [0, 0.05) is 12.7 Å². The van der Waals surface area contributed by atoms with E-state index in [9.17, 15) is 9.59 Å². The average Bonchev–Trinajstić information content (AvgIpc) is 2.97. The second-order valence-electron chi connectivity index (χ2n) is 5.10. The van der Waals surface area contributed by atoms with Crippen LogP contribution in [0.4, 0.5) is 0 Å². The molecule has 2 atom stereocenters. The minimum absolute atomic E-state index is 0.0184. The van der Waals surface area contributed by atoms with Gasteiger partial charge < -0.3 is 4.74 Å². The number of esters is 1. The van der Waals surface area contributed by atoms with Crippen molar-refractivity contribution in [2.75, 3.05) is 13.7 Å². The molecule has 3 rings (SSSR count). The lowest BCUT2D eigenvalue weighted by atomic mass is 9.99. The van der Waals surface area contributed by atoms with Gasteiger partial charge in [0.25, 0.3) is 0 Å². The fraction of sp³-hybridized carbons (Fsp3) is 0.333. The number of nitrogens with zero attached hydrogens (tertiary/aromatic N) is 2. The van der Waals surface area contributed by atoms with Crippen molar-refractivity contribution < 1.29 is 14.3 Å². The van der Waals surface area contributed by atoms with Gasteiger partial charge >= 0.3 is 5.97 Å². The zero-order chi connectivity index (χ0) is 14.3. The monoisotopic (exact) mass is 272 g/mol. The Morgan fingerprint density at radius 1 is 1.30 bits per heavy atom. The molecule has 0 saturated carbocycles. The quantitative estimate of drug-likeness (QED) is 0.765. The Kier molecular flexibility index (Phi) is 3.06. The van der Waals surface area contributed by atoms with Crippen molar-refractivity contribution in [1.29, 1.82) is 0 Å². The Morgan fingerprint density at radius 2 is 2.00 bits per heavy atom. The molecule has 1 amide bonds. The zero-order valence-electron chi connectivity index (χ0n) is 11.4. The van der Waals surface area contributed by atoms with E-state index in [1.165, 1.54) is 7.11 Å². The molecule has 2 aliphatic rings. The van der Waals surface area contributed by atoms with Crippen molar-refractivity contribution in [3.8, 4) is 0 Å². The first-order valence-electron chi connectivity index (χ1n) is 6.58. The van der Waals surface area contributed by atoms with Gasteiger partial charge in [-0.3, -0.25) is 4.79 Å². The largest absolute Gasteiger partial charge is 0.466 e. The van der Waals surface area contributed by atoms with Crippen molar-refractivity contribution in [1.82, 2.24) is 10.0 Å². The topological polar surface area (TPSA) is 49.9 Å². The molecule has 0 spiro atoms. The maximum absolute atomic E-state index is 12.1. The molecule has 1 aromatic rings. The molecule has 0 bridgehead atoms. The van der Waals surface area contributed by atoms with Crippen LogP contribution in [0.5, 0.6) is 0 Å². The van der Waals surface area contributed by atoms with E-state index in [0.717, 1.165) is 5.56 Å². The summed E-state index contributed by atoms with van der Waals surface area (Å²) in [5.74, 6) is -0.435. The number of rotatable bonds is 2. The average molecular weight is 272 g/mol. The van der Waals surface area contributed by atoms with Gasteiger partial charge in [-0.1, -0.05) is 37.3 Å². The van der Waals surface area contributed by atoms with E-state index in [-0.39, 0.29) is 17.9 Å². The Balaban J connectivity index is 2.04. The maximum Gasteiger partial charge on any atom is 0.337 e. The molecular formula is C15H16N2O3. The Hall–Kier alpha value is -2.14. The highest BCUT2D eigenvalue weighted by molar-refractivity contribution is 5.93. The molecule has 1 unspecified atom stereocenters.